The molecule has 7 nitrogen and oxygen atoms in total. The summed E-state index contributed by atoms with van der Waals surface area (Å²) >= 11 is 0. The number of benzene rings is 1. The minimum Gasteiger partial charge on any atom is -0.340 e. The molecule has 0 aliphatic carbocycles. The second-order valence-electron chi connectivity index (χ2n) is 9.30. The van der Waals surface area contributed by atoms with E-state index in [1.807, 2.05) is 12.1 Å². The van der Waals surface area contributed by atoms with Crippen LogP contribution in [0.25, 0.3) is 17.3 Å². The van der Waals surface area contributed by atoms with Crippen LogP contribution in [0.4, 0.5) is 11.5 Å². The molecule has 1 N–H and O–H groups in total. The number of carbonyl (C=O) groups is 1. The Labute approximate surface area is 200 Å². The maximum atomic E-state index is 12.6. The topological polar surface area (TPSA) is 85.1 Å². The lowest BCUT2D eigenvalue weighted by Crippen LogP contribution is -2.37. The van der Waals surface area contributed by atoms with Crippen molar-refractivity contribution >= 4 is 23.5 Å². The summed E-state index contributed by atoms with van der Waals surface area (Å²) in [6, 6.07) is 8.94. The van der Waals surface area contributed by atoms with Gasteiger partial charge in [-0.05, 0) is 93.6 Å². The summed E-state index contributed by atoms with van der Waals surface area (Å²) in [6.07, 6.45) is 10.6. The zero-order valence-corrected chi connectivity index (χ0v) is 19.8. The van der Waals surface area contributed by atoms with Crippen LogP contribution >= 0.6 is 0 Å². The number of carbonyl (C=O) groups excluding carboxylic acids is 1. The van der Waals surface area contributed by atoms with E-state index in [0.717, 1.165) is 29.9 Å². The fourth-order valence-corrected chi connectivity index (χ4v) is 4.92. The first-order valence-electron chi connectivity index (χ1n) is 11.8. The zero-order chi connectivity index (χ0) is 23.7. The third-order valence-corrected chi connectivity index (χ3v) is 6.80. The first kappa shape index (κ1) is 22.2. The molecule has 0 atom stereocenters. The van der Waals surface area contributed by atoms with Crippen LogP contribution in [0.1, 0.15) is 59.7 Å². The van der Waals surface area contributed by atoms with Crippen molar-refractivity contribution in [2.45, 2.75) is 45.6 Å². The molecule has 2 aliphatic heterocycles. The molecular formula is C27H29N6O. The van der Waals surface area contributed by atoms with Crippen molar-refractivity contribution < 1.29 is 4.79 Å². The van der Waals surface area contributed by atoms with Crippen LogP contribution in [-0.2, 0) is 0 Å². The van der Waals surface area contributed by atoms with Gasteiger partial charge in [-0.1, -0.05) is 6.07 Å². The first-order valence-corrected chi connectivity index (χ1v) is 11.8. The number of amides is 1. The number of hydrogen-bond acceptors (Lipinski definition) is 6. The lowest BCUT2D eigenvalue weighted by atomic mass is 9.86. The van der Waals surface area contributed by atoms with Crippen LogP contribution in [0, 0.1) is 6.92 Å². The highest BCUT2D eigenvalue weighted by atomic mass is 16.1. The number of pyridine rings is 1. The molecule has 2 aromatic heterocycles. The van der Waals surface area contributed by atoms with Gasteiger partial charge in [0.2, 0.25) is 0 Å². The van der Waals surface area contributed by atoms with E-state index in [1.165, 1.54) is 36.5 Å². The highest BCUT2D eigenvalue weighted by Gasteiger charge is 2.24. The van der Waals surface area contributed by atoms with E-state index < -0.39 is 0 Å². The van der Waals surface area contributed by atoms with Crippen molar-refractivity contribution in [3.8, 4) is 11.3 Å². The average Bonchev–Trinajstić information content (AvgIpc) is 2.85. The van der Waals surface area contributed by atoms with E-state index in [0.29, 0.717) is 29.0 Å². The molecule has 3 aromatic rings. The monoisotopic (exact) mass is 453 g/mol. The van der Waals surface area contributed by atoms with E-state index in [1.54, 1.807) is 12.4 Å². The number of fused-ring (bicyclic) bond motifs is 1. The number of nitrogens with one attached hydrogen (secondary N) is 1. The Balaban J connectivity index is 1.44. The number of piperidine rings is 1. The molecule has 0 bridgehead atoms. The van der Waals surface area contributed by atoms with Crippen molar-refractivity contribution in [2.75, 3.05) is 18.4 Å². The summed E-state index contributed by atoms with van der Waals surface area (Å²) in [5.41, 5.74) is 6.31. The smallest absolute Gasteiger partial charge is 0.281 e. The van der Waals surface area contributed by atoms with Crippen LogP contribution < -0.4 is 10.6 Å². The maximum absolute atomic E-state index is 12.6. The molecule has 0 unspecified atom stereocenters. The predicted molar refractivity (Wildman–Crippen MR) is 134 cm³/mol. The summed E-state index contributed by atoms with van der Waals surface area (Å²) in [7, 11) is 0. The minimum atomic E-state index is -0.298. The molecule has 2 aliphatic rings. The Morgan fingerprint density at radius 2 is 1.85 bits per heavy atom. The fourth-order valence-electron chi connectivity index (χ4n) is 4.92. The van der Waals surface area contributed by atoms with Crippen molar-refractivity contribution in [1.82, 2.24) is 25.2 Å². The molecule has 0 spiro atoms. The van der Waals surface area contributed by atoms with E-state index in [4.69, 9.17) is 4.98 Å². The van der Waals surface area contributed by atoms with Crippen LogP contribution in [0.3, 0.4) is 0 Å². The van der Waals surface area contributed by atoms with Gasteiger partial charge in [0.15, 0.2) is 0 Å². The van der Waals surface area contributed by atoms with Gasteiger partial charge in [-0.25, -0.2) is 20.3 Å². The lowest BCUT2D eigenvalue weighted by molar-refractivity contribution is 0.0965. The lowest BCUT2D eigenvalue weighted by Gasteiger charge is -2.35. The number of rotatable bonds is 5. The SMILES string of the molecule is Cc1cc(Nc2nc(-c3cncnc3)cc3c2C(=O)[N]C=C3)ccc1C1CCN(C(C)C)CC1. The normalized spacial score (nSPS) is 16.4. The van der Waals surface area contributed by atoms with E-state index in [9.17, 15) is 4.79 Å². The quantitative estimate of drug-likeness (QED) is 0.591. The molecule has 1 aromatic carbocycles. The van der Waals surface area contributed by atoms with Gasteiger partial charge in [0.05, 0.1) is 11.3 Å². The Kier molecular flexibility index (Phi) is 6.11. The Morgan fingerprint density at radius 3 is 2.56 bits per heavy atom. The second kappa shape index (κ2) is 9.35. The standard InChI is InChI=1S/C27H29N6O/c1-17(2)33-10-7-19(8-11-33)23-5-4-22(12-18(23)3)31-26-25-20(6-9-30-27(25)34)13-24(32-26)21-14-28-16-29-15-21/h4-6,9,12-17,19H,7-8,10-11H2,1-3H3,(H,31,32). The molecule has 173 valence electrons. The van der Waals surface area contributed by atoms with Gasteiger partial charge in [-0.15, -0.1) is 0 Å². The van der Waals surface area contributed by atoms with E-state index in [2.05, 4.69) is 64.5 Å². The Morgan fingerprint density at radius 1 is 1.09 bits per heavy atom. The molecule has 7 heteroatoms. The predicted octanol–water partition coefficient (Wildman–Crippen LogP) is 4.91. The number of likely N-dealkylation sites (tertiary alicyclic amines) is 1. The van der Waals surface area contributed by atoms with E-state index >= 15 is 0 Å². The Bertz CT molecular complexity index is 1230. The molecule has 1 amide bonds. The van der Waals surface area contributed by atoms with Crippen LogP contribution in [0.15, 0.2) is 49.2 Å². The van der Waals surface area contributed by atoms with Crippen LogP contribution in [0.5, 0.6) is 0 Å². The van der Waals surface area contributed by atoms with Gasteiger partial charge in [0, 0.05) is 35.9 Å². The number of aromatic nitrogens is 3. The van der Waals surface area contributed by atoms with Gasteiger partial charge in [0.1, 0.15) is 12.1 Å². The molecule has 1 radical (unpaired) electrons. The molecule has 0 saturated carbocycles. The number of aryl methyl sites for hydroxylation is 1. The molecular weight excluding hydrogens is 424 g/mol. The first-order chi connectivity index (χ1) is 16.5. The van der Waals surface area contributed by atoms with Gasteiger partial charge in [-0.2, -0.15) is 0 Å². The highest BCUT2D eigenvalue weighted by molar-refractivity contribution is 6.05. The number of nitrogens with zero attached hydrogens (tertiary/aromatic N) is 5. The molecule has 5 rings (SSSR count). The third-order valence-electron chi connectivity index (χ3n) is 6.80. The third kappa shape index (κ3) is 4.43. The average molecular weight is 454 g/mol. The molecule has 34 heavy (non-hydrogen) atoms. The largest absolute Gasteiger partial charge is 0.340 e. The molecule has 1 saturated heterocycles. The number of hydrogen-bond donors (Lipinski definition) is 1. The summed E-state index contributed by atoms with van der Waals surface area (Å²) in [4.78, 5) is 28.1. The number of anilines is 2. The summed E-state index contributed by atoms with van der Waals surface area (Å²) in [5.74, 6) is 0.780. The second-order valence-corrected chi connectivity index (χ2v) is 9.30. The molecule has 1 fully saturated rings. The summed E-state index contributed by atoms with van der Waals surface area (Å²) < 4.78 is 0. The Hall–Kier alpha value is -3.58. The summed E-state index contributed by atoms with van der Waals surface area (Å²) in [5, 5.41) is 7.35. The van der Waals surface area contributed by atoms with E-state index in [-0.39, 0.29) is 5.91 Å². The fraction of sp³-hybridized carbons (Fsp3) is 0.333. The van der Waals surface area contributed by atoms with Gasteiger partial charge >= 0.3 is 0 Å². The van der Waals surface area contributed by atoms with Gasteiger partial charge < -0.3 is 10.2 Å². The van der Waals surface area contributed by atoms with Crippen LogP contribution in [0.2, 0.25) is 0 Å². The van der Waals surface area contributed by atoms with Gasteiger partial charge in [-0.3, -0.25) is 4.79 Å². The highest BCUT2D eigenvalue weighted by Crippen LogP contribution is 2.34. The minimum absolute atomic E-state index is 0.298. The molecule has 4 heterocycles. The van der Waals surface area contributed by atoms with Crippen molar-refractivity contribution in [2.24, 2.45) is 0 Å². The summed E-state index contributed by atoms with van der Waals surface area (Å²) in [6.45, 7) is 9.00. The van der Waals surface area contributed by atoms with Gasteiger partial charge in [0.25, 0.3) is 5.91 Å². The van der Waals surface area contributed by atoms with Crippen molar-refractivity contribution in [1.29, 1.82) is 0 Å². The van der Waals surface area contributed by atoms with Crippen LogP contribution in [-0.4, -0.2) is 44.9 Å². The zero-order valence-electron chi connectivity index (χ0n) is 19.8. The van der Waals surface area contributed by atoms with Crippen molar-refractivity contribution in [3.05, 3.63) is 71.4 Å². The van der Waals surface area contributed by atoms with Crippen molar-refractivity contribution in [3.63, 3.8) is 0 Å². The maximum Gasteiger partial charge on any atom is 0.281 e.